The minimum Gasteiger partial charge on any atom is -0.486 e. The molecule has 11 nitrogen and oxygen atoms in total. The summed E-state index contributed by atoms with van der Waals surface area (Å²) in [6, 6.07) is 19.9. The highest BCUT2D eigenvalue weighted by molar-refractivity contribution is 5.64. The van der Waals surface area contributed by atoms with Gasteiger partial charge in [0.2, 0.25) is 5.95 Å². The number of aromatic nitrogens is 4. The summed E-state index contributed by atoms with van der Waals surface area (Å²) in [6.45, 7) is 6.62. The van der Waals surface area contributed by atoms with Crippen LogP contribution in [-0.2, 0) is 4.74 Å². The number of halogens is 1. The van der Waals surface area contributed by atoms with Crippen molar-refractivity contribution < 1.29 is 13.9 Å². The van der Waals surface area contributed by atoms with E-state index in [1.54, 1.807) is 30.6 Å². The Balaban J connectivity index is 0.975. The van der Waals surface area contributed by atoms with Crippen molar-refractivity contribution in [3.05, 3.63) is 78.9 Å². The van der Waals surface area contributed by atoms with Crippen LogP contribution >= 0.6 is 0 Å². The molecule has 0 amide bonds. The first-order valence-electron chi connectivity index (χ1n) is 15.3. The Morgan fingerprint density at radius 3 is 2.51 bits per heavy atom. The summed E-state index contributed by atoms with van der Waals surface area (Å²) in [5, 5.41) is 13.1. The monoisotopic (exact) mass is 607 g/mol. The van der Waals surface area contributed by atoms with E-state index in [2.05, 4.69) is 53.3 Å². The van der Waals surface area contributed by atoms with E-state index in [0.717, 1.165) is 50.8 Å². The fourth-order valence-corrected chi connectivity index (χ4v) is 5.97. The molecule has 2 atom stereocenters. The molecule has 4 aromatic rings. The normalized spacial score (nSPS) is 20.7. The molecule has 3 aliphatic rings. The second-order valence-corrected chi connectivity index (χ2v) is 11.5. The number of benzene rings is 2. The molecule has 0 saturated carbocycles. The molecular weight excluding hydrogens is 573 g/mol. The summed E-state index contributed by atoms with van der Waals surface area (Å²) >= 11 is 0. The van der Waals surface area contributed by atoms with Crippen molar-refractivity contribution in [2.24, 2.45) is 0 Å². The van der Waals surface area contributed by atoms with Gasteiger partial charge in [-0.1, -0.05) is 0 Å². The number of anilines is 4. The van der Waals surface area contributed by atoms with Crippen molar-refractivity contribution in [2.75, 3.05) is 67.6 Å². The van der Waals surface area contributed by atoms with Gasteiger partial charge in [0, 0.05) is 62.3 Å². The van der Waals surface area contributed by atoms with Crippen LogP contribution in [-0.4, -0.2) is 95.6 Å². The van der Waals surface area contributed by atoms with Gasteiger partial charge < -0.3 is 24.6 Å². The lowest BCUT2D eigenvalue weighted by atomic mass is 10.0. The lowest BCUT2D eigenvalue weighted by molar-refractivity contribution is -0.0660. The molecule has 3 aliphatic heterocycles. The van der Waals surface area contributed by atoms with Crippen LogP contribution in [0, 0.1) is 11.3 Å². The highest BCUT2D eigenvalue weighted by Crippen LogP contribution is 2.30. The van der Waals surface area contributed by atoms with E-state index in [-0.39, 0.29) is 6.54 Å². The summed E-state index contributed by atoms with van der Waals surface area (Å²) in [7, 11) is 0. The van der Waals surface area contributed by atoms with E-state index < -0.39 is 12.3 Å². The Labute approximate surface area is 261 Å². The molecule has 12 heteroatoms. The number of alkyl halides is 1. The summed E-state index contributed by atoms with van der Waals surface area (Å²) in [6.07, 6.45) is 3.48. The number of pyridine rings is 1. The maximum Gasteiger partial charge on any atom is 0.230 e. The van der Waals surface area contributed by atoms with Crippen LogP contribution in [0.25, 0.3) is 11.4 Å². The van der Waals surface area contributed by atoms with Crippen LogP contribution in [0.3, 0.4) is 0 Å². The van der Waals surface area contributed by atoms with E-state index >= 15 is 4.39 Å². The summed E-state index contributed by atoms with van der Waals surface area (Å²) in [5.41, 5.74) is 3.86. The fraction of sp³-hybridized carbons (Fsp3) is 0.364. The van der Waals surface area contributed by atoms with Crippen molar-refractivity contribution in [1.29, 1.82) is 5.26 Å². The van der Waals surface area contributed by atoms with Crippen molar-refractivity contribution in [3.8, 4) is 23.2 Å². The Morgan fingerprint density at radius 2 is 1.80 bits per heavy atom. The molecule has 230 valence electrons. The van der Waals surface area contributed by atoms with Crippen LogP contribution in [0.1, 0.15) is 12.0 Å². The van der Waals surface area contributed by atoms with Crippen LogP contribution in [0.2, 0.25) is 0 Å². The van der Waals surface area contributed by atoms with Gasteiger partial charge in [-0.05, 0) is 54.6 Å². The second-order valence-electron chi connectivity index (χ2n) is 11.5. The predicted octanol–water partition coefficient (Wildman–Crippen LogP) is 4.07. The average molecular weight is 608 g/mol. The summed E-state index contributed by atoms with van der Waals surface area (Å²) < 4.78 is 26.5. The number of hydrogen-bond acceptors (Lipinski definition) is 11. The fourth-order valence-electron chi connectivity index (χ4n) is 5.97. The lowest BCUT2D eigenvalue weighted by Crippen LogP contribution is -2.56. The van der Waals surface area contributed by atoms with Gasteiger partial charge in [-0.25, -0.2) is 14.4 Å². The number of hydrogen-bond donors (Lipinski definition) is 1. The molecule has 7 rings (SSSR count). The molecule has 5 heterocycles. The number of piperidine rings is 1. The molecule has 45 heavy (non-hydrogen) atoms. The standard InChI is InChI=1S/C33H34FN9O2/c34-29-19-43(27-2-1-10-36-18-27)11-9-31(29)45-30-8-3-23(16-24(30)17-35)32-37-22-38-33(40-32)39-25-4-6-26(7-5-25)41-12-14-42(15-13-41)28-20-44-21-28/h1-8,10,16,18,22,28-29,31H,9,11-15,19-21H2,(H,37,38,39,40). The van der Waals surface area contributed by atoms with E-state index in [9.17, 15) is 5.26 Å². The maximum absolute atomic E-state index is 15.1. The van der Waals surface area contributed by atoms with E-state index in [1.807, 2.05) is 29.2 Å². The van der Waals surface area contributed by atoms with Gasteiger partial charge in [-0.3, -0.25) is 9.88 Å². The van der Waals surface area contributed by atoms with Crippen LogP contribution < -0.4 is 19.9 Å². The Kier molecular flexibility index (Phi) is 8.35. The topological polar surface area (TPSA) is 116 Å². The number of nitrogens with one attached hydrogen (secondary N) is 1. The third-order valence-corrected chi connectivity index (χ3v) is 8.64. The number of nitrogens with zero attached hydrogens (tertiary/aromatic N) is 8. The first-order chi connectivity index (χ1) is 22.1. The minimum atomic E-state index is -1.21. The van der Waals surface area contributed by atoms with Gasteiger partial charge in [0.1, 0.15) is 24.3 Å². The van der Waals surface area contributed by atoms with Crippen LogP contribution in [0.15, 0.2) is 73.3 Å². The maximum atomic E-state index is 15.1. The van der Waals surface area contributed by atoms with E-state index in [0.29, 0.717) is 47.7 Å². The van der Waals surface area contributed by atoms with Gasteiger partial charge in [0.05, 0.1) is 43.2 Å². The van der Waals surface area contributed by atoms with Gasteiger partial charge in [-0.2, -0.15) is 10.2 Å². The molecule has 0 spiro atoms. The van der Waals surface area contributed by atoms with Gasteiger partial charge in [0.15, 0.2) is 12.0 Å². The smallest absolute Gasteiger partial charge is 0.230 e. The molecule has 2 aromatic heterocycles. The quantitative estimate of drug-likeness (QED) is 0.313. The van der Waals surface area contributed by atoms with Crippen molar-refractivity contribution in [1.82, 2.24) is 24.8 Å². The zero-order valence-corrected chi connectivity index (χ0v) is 24.8. The average Bonchev–Trinajstić information content (AvgIpc) is 3.06. The van der Waals surface area contributed by atoms with Crippen LogP contribution in [0.4, 0.5) is 27.4 Å². The third kappa shape index (κ3) is 6.50. The summed E-state index contributed by atoms with van der Waals surface area (Å²) in [5.74, 6) is 1.15. The predicted molar refractivity (Wildman–Crippen MR) is 168 cm³/mol. The highest BCUT2D eigenvalue weighted by atomic mass is 19.1. The number of nitriles is 1. The molecular formula is C33H34FN9O2. The Bertz CT molecular complexity index is 1640. The van der Waals surface area contributed by atoms with Gasteiger partial charge in [0.25, 0.3) is 0 Å². The van der Waals surface area contributed by atoms with Crippen molar-refractivity contribution in [2.45, 2.75) is 24.7 Å². The highest BCUT2D eigenvalue weighted by Gasteiger charge is 2.32. The zero-order chi connectivity index (χ0) is 30.6. The largest absolute Gasteiger partial charge is 0.486 e. The minimum absolute atomic E-state index is 0.202. The molecule has 0 aliphatic carbocycles. The van der Waals surface area contributed by atoms with Crippen molar-refractivity contribution in [3.63, 3.8) is 0 Å². The lowest BCUT2D eigenvalue weighted by Gasteiger charge is -2.43. The molecule has 3 fully saturated rings. The first-order valence-corrected chi connectivity index (χ1v) is 15.3. The van der Waals surface area contributed by atoms with Crippen molar-refractivity contribution >= 4 is 23.0 Å². The first kappa shape index (κ1) is 28.9. The number of rotatable bonds is 8. The Morgan fingerprint density at radius 1 is 0.956 bits per heavy atom. The van der Waals surface area contributed by atoms with Gasteiger partial charge in [-0.15, -0.1) is 0 Å². The zero-order valence-electron chi connectivity index (χ0n) is 24.8. The second kappa shape index (κ2) is 13.0. The third-order valence-electron chi connectivity index (χ3n) is 8.64. The van der Waals surface area contributed by atoms with E-state index in [1.165, 1.54) is 12.0 Å². The number of ether oxygens (including phenoxy) is 2. The molecule has 3 saturated heterocycles. The van der Waals surface area contributed by atoms with Crippen LogP contribution in [0.5, 0.6) is 5.75 Å². The van der Waals surface area contributed by atoms with E-state index in [4.69, 9.17) is 9.47 Å². The SMILES string of the molecule is N#Cc1cc(-c2ncnc(Nc3ccc(N4CCN(C5COC5)CC4)cc3)n2)ccc1OC1CCN(c2cccnc2)CC1F. The molecule has 0 radical (unpaired) electrons. The molecule has 2 unspecified atom stereocenters. The van der Waals surface area contributed by atoms with Gasteiger partial charge >= 0.3 is 0 Å². The Hall–Kier alpha value is -4.86. The molecule has 0 bridgehead atoms. The molecule has 2 aromatic carbocycles. The number of piperazine rings is 1. The molecule has 1 N–H and O–H groups in total. The summed E-state index contributed by atoms with van der Waals surface area (Å²) in [4.78, 5) is 24.2.